The molecule has 120 valence electrons. The Morgan fingerprint density at radius 1 is 1.17 bits per heavy atom. The van der Waals surface area contributed by atoms with Crippen LogP contribution in [-0.2, 0) is 0 Å². The summed E-state index contributed by atoms with van der Waals surface area (Å²) in [5, 5.41) is 14.3. The highest BCUT2D eigenvalue weighted by Gasteiger charge is 2.11. The number of nitrogens with one attached hydrogen (secondary N) is 1. The number of amides is 1. The van der Waals surface area contributed by atoms with E-state index in [1.54, 1.807) is 31.2 Å². The number of hydrazone groups is 1. The topological polar surface area (TPSA) is 74.6 Å². The summed E-state index contributed by atoms with van der Waals surface area (Å²) in [6.45, 7) is 3.80. The van der Waals surface area contributed by atoms with Crippen LogP contribution in [-0.4, -0.2) is 22.2 Å². The van der Waals surface area contributed by atoms with Crippen LogP contribution in [0.4, 0.5) is 0 Å². The third-order valence-corrected chi connectivity index (χ3v) is 3.73. The molecule has 0 aliphatic heterocycles. The molecule has 0 saturated carbocycles. The summed E-state index contributed by atoms with van der Waals surface area (Å²) in [6, 6.07) is 14.3. The van der Waals surface area contributed by atoms with E-state index in [0.29, 0.717) is 16.8 Å². The number of nitrogens with zero attached hydrogens (tertiary/aromatic N) is 2. The summed E-state index contributed by atoms with van der Waals surface area (Å²) in [5.74, 6) is -0.171. The maximum absolute atomic E-state index is 12.3. The number of rotatable bonds is 3. The molecule has 0 saturated heterocycles. The molecular weight excluding hydrogens is 302 g/mol. The minimum absolute atomic E-state index is 0.148. The van der Waals surface area contributed by atoms with E-state index in [4.69, 9.17) is 0 Å². The summed E-state index contributed by atoms with van der Waals surface area (Å²) in [7, 11) is 0. The number of aromatic nitrogens is 1. The van der Waals surface area contributed by atoms with Gasteiger partial charge in [-0.2, -0.15) is 5.10 Å². The number of fused-ring (bicyclic) bond motifs is 1. The minimum Gasteiger partial charge on any atom is -0.508 e. The normalized spacial score (nSPS) is 11.1. The Balaban J connectivity index is 1.82. The van der Waals surface area contributed by atoms with Gasteiger partial charge in [0.25, 0.3) is 5.91 Å². The van der Waals surface area contributed by atoms with E-state index in [-0.39, 0.29) is 11.7 Å². The number of carbonyl (C=O) groups is 1. The van der Waals surface area contributed by atoms with Gasteiger partial charge in [0.2, 0.25) is 0 Å². The van der Waals surface area contributed by atoms with Crippen LogP contribution in [0.25, 0.3) is 10.9 Å². The standard InChI is InChI=1S/C19H17N3O2/c1-12-5-3-7-15-10-17(13(2)21-18(12)15)19(24)22-20-11-14-6-4-8-16(23)9-14/h3-11,23H,1-2H3,(H,22,24)/b20-11-. The van der Waals surface area contributed by atoms with Crippen LogP contribution in [0.3, 0.4) is 0 Å². The monoisotopic (exact) mass is 319 g/mol. The number of phenols is 1. The second kappa shape index (κ2) is 6.50. The van der Waals surface area contributed by atoms with Crippen molar-refractivity contribution in [2.75, 3.05) is 0 Å². The number of aryl methyl sites for hydroxylation is 2. The molecular formula is C19H17N3O2. The van der Waals surface area contributed by atoms with Crippen molar-refractivity contribution in [3.8, 4) is 5.75 Å². The number of pyridine rings is 1. The van der Waals surface area contributed by atoms with Crippen LogP contribution in [0.15, 0.2) is 53.6 Å². The van der Waals surface area contributed by atoms with Crippen LogP contribution in [0.2, 0.25) is 0 Å². The summed E-state index contributed by atoms with van der Waals surface area (Å²) in [5.41, 5.74) is 6.30. The van der Waals surface area contributed by atoms with E-state index in [9.17, 15) is 9.90 Å². The van der Waals surface area contributed by atoms with Gasteiger partial charge in [0.1, 0.15) is 5.75 Å². The Labute approximate surface area is 139 Å². The summed E-state index contributed by atoms with van der Waals surface area (Å²) in [4.78, 5) is 16.9. The second-order valence-corrected chi connectivity index (χ2v) is 5.56. The first-order chi connectivity index (χ1) is 11.5. The van der Waals surface area contributed by atoms with E-state index < -0.39 is 0 Å². The first kappa shape index (κ1) is 15.7. The first-order valence-electron chi connectivity index (χ1n) is 7.54. The lowest BCUT2D eigenvalue weighted by Gasteiger charge is -2.07. The van der Waals surface area contributed by atoms with Gasteiger partial charge in [-0.25, -0.2) is 5.43 Å². The minimum atomic E-state index is -0.320. The fourth-order valence-electron chi connectivity index (χ4n) is 2.50. The molecule has 5 nitrogen and oxygen atoms in total. The Morgan fingerprint density at radius 2 is 1.96 bits per heavy atom. The molecule has 0 atom stereocenters. The van der Waals surface area contributed by atoms with Gasteiger partial charge in [0, 0.05) is 5.39 Å². The van der Waals surface area contributed by atoms with Crippen LogP contribution in [0.5, 0.6) is 5.75 Å². The fraction of sp³-hybridized carbons (Fsp3) is 0.105. The molecule has 24 heavy (non-hydrogen) atoms. The van der Waals surface area contributed by atoms with E-state index in [0.717, 1.165) is 16.5 Å². The van der Waals surface area contributed by atoms with E-state index in [1.807, 2.05) is 31.2 Å². The zero-order valence-electron chi connectivity index (χ0n) is 13.4. The summed E-state index contributed by atoms with van der Waals surface area (Å²) in [6.07, 6.45) is 1.48. The molecule has 1 amide bonds. The van der Waals surface area contributed by atoms with E-state index in [2.05, 4.69) is 15.5 Å². The van der Waals surface area contributed by atoms with Gasteiger partial charge in [-0.05, 0) is 43.2 Å². The molecule has 0 aliphatic rings. The van der Waals surface area contributed by atoms with Crippen molar-refractivity contribution in [1.82, 2.24) is 10.4 Å². The second-order valence-electron chi connectivity index (χ2n) is 5.56. The van der Waals surface area contributed by atoms with Gasteiger partial charge in [0.15, 0.2) is 0 Å². The van der Waals surface area contributed by atoms with Crippen molar-refractivity contribution in [2.45, 2.75) is 13.8 Å². The van der Waals surface area contributed by atoms with Crippen molar-refractivity contribution in [2.24, 2.45) is 5.10 Å². The Hall–Kier alpha value is -3.21. The lowest BCUT2D eigenvalue weighted by molar-refractivity contribution is 0.0954. The van der Waals surface area contributed by atoms with Crippen molar-refractivity contribution in [3.05, 3.63) is 70.9 Å². The maximum Gasteiger partial charge on any atom is 0.273 e. The largest absolute Gasteiger partial charge is 0.508 e. The Kier molecular flexibility index (Phi) is 4.24. The molecule has 2 N–H and O–H groups in total. The number of hydrogen-bond acceptors (Lipinski definition) is 4. The molecule has 3 rings (SSSR count). The predicted molar refractivity (Wildman–Crippen MR) is 94.4 cm³/mol. The van der Waals surface area contributed by atoms with Gasteiger partial charge in [0.05, 0.1) is 23.0 Å². The molecule has 2 aromatic carbocycles. The molecule has 0 spiro atoms. The summed E-state index contributed by atoms with van der Waals surface area (Å²) >= 11 is 0. The molecule has 0 aliphatic carbocycles. The maximum atomic E-state index is 12.3. The smallest absolute Gasteiger partial charge is 0.273 e. The van der Waals surface area contributed by atoms with Crippen LogP contribution in [0.1, 0.15) is 27.2 Å². The third-order valence-electron chi connectivity index (χ3n) is 3.73. The zero-order valence-corrected chi connectivity index (χ0v) is 13.4. The van der Waals surface area contributed by atoms with Crippen molar-refractivity contribution < 1.29 is 9.90 Å². The number of hydrogen-bond donors (Lipinski definition) is 2. The number of benzene rings is 2. The van der Waals surface area contributed by atoms with Gasteiger partial charge in [-0.3, -0.25) is 9.78 Å². The quantitative estimate of drug-likeness (QED) is 0.574. The van der Waals surface area contributed by atoms with Crippen molar-refractivity contribution >= 4 is 23.0 Å². The van der Waals surface area contributed by atoms with Gasteiger partial charge < -0.3 is 5.11 Å². The molecule has 0 fully saturated rings. The Bertz CT molecular complexity index is 948. The average Bonchev–Trinajstić information content (AvgIpc) is 2.55. The number of para-hydroxylation sites is 1. The Morgan fingerprint density at radius 3 is 2.75 bits per heavy atom. The highest BCUT2D eigenvalue weighted by atomic mass is 16.3. The lowest BCUT2D eigenvalue weighted by Crippen LogP contribution is -2.19. The SMILES string of the molecule is Cc1nc2c(C)cccc2cc1C(=O)N/N=C\c1cccc(O)c1. The number of aromatic hydroxyl groups is 1. The molecule has 5 heteroatoms. The highest BCUT2D eigenvalue weighted by Crippen LogP contribution is 2.19. The first-order valence-corrected chi connectivity index (χ1v) is 7.54. The van der Waals surface area contributed by atoms with Crippen LogP contribution >= 0.6 is 0 Å². The van der Waals surface area contributed by atoms with Crippen LogP contribution < -0.4 is 5.43 Å². The highest BCUT2D eigenvalue weighted by molar-refractivity contribution is 5.99. The van der Waals surface area contributed by atoms with E-state index >= 15 is 0 Å². The molecule has 1 aromatic heterocycles. The average molecular weight is 319 g/mol. The molecule has 1 heterocycles. The molecule has 0 unspecified atom stereocenters. The van der Waals surface area contributed by atoms with Crippen molar-refractivity contribution in [3.63, 3.8) is 0 Å². The predicted octanol–water partition coefficient (Wildman–Crippen LogP) is 3.32. The lowest BCUT2D eigenvalue weighted by atomic mass is 10.1. The van der Waals surface area contributed by atoms with Gasteiger partial charge >= 0.3 is 0 Å². The fourth-order valence-corrected chi connectivity index (χ4v) is 2.50. The molecule has 3 aromatic rings. The molecule has 0 bridgehead atoms. The zero-order chi connectivity index (χ0) is 17.1. The van der Waals surface area contributed by atoms with E-state index in [1.165, 1.54) is 6.21 Å². The number of phenolic OH excluding ortho intramolecular Hbond substituents is 1. The number of carbonyl (C=O) groups excluding carboxylic acids is 1. The summed E-state index contributed by atoms with van der Waals surface area (Å²) < 4.78 is 0. The third kappa shape index (κ3) is 3.25. The molecule has 0 radical (unpaired) electrons. The van der Waals surface area contributed by atoms with Gasteiger partial charge in [-0.15, -0.1) is 0 Å². The van der Waals surface area contributed by atoms with Crippen molar-refractivity contribution in [1.29, 1.82) is 0 Å². The van der Waals surface area contributed by atoms with Gasteiger partial charge in [-0.1, -0.05) is 30.3 Å². The van der Waals surface area contributed by atoms with Crippen LogP contribution in [0, 0.1) is 13.8 Å².